The predicted molar refractivity (Wildman–Crippen MR) is 58.1 cm³/mol. The summed E-state index contributed by atoms with van der Waals surface area (Å²) >= 11 is 0. The average molecular weight is 226 g/mol. The van der Waals surface area contributed by atoms with Crippen molar-refractivity contribution in [3.63, 3.8) is 0 Å². The summed E-state index contributed by atoms with van der Waals surface area (Å²) < 4.78 is 0. The van der Waals surface area contributed by atoms with E-state index in [1.165, 1.54) is 4.90 Å². The number of nitrogens with zero attached hydrogens (tertiary/aromatic N) is 1. The van der Waals surface area contributed by atoms with Crippen LogP contribution < -0.4 is 5.32 Å². The largest absolute Gasteiger partial charge is 0.480 e. The van der Waals surface area contributed by atoms with Crippen LogP contribution in [0.2, 0.25) is 0 Å². The monoisotopic (exact) mass is 226 g/mol. The van der Waals surface area contributed by atoms with Crippen molar-refractivity contribution in [2.45, 2.75) is 45.2 Å². The van der Waals surface area contributed by atoms with Gasteiger partial charge in [0.05, 0.1) is 0 Å². The van der Waals surface area contributed by atoms with Gasteiger partial charge < -0.3 is 15.3 Å². The molecule has 1 saturated carbocycles. The van der Waals surface area contributed by atoms with E-state index in [2.05, 4.69) is 19.2 Å². The molecule has 2 atom stereocenters. The van der Waals surface area contributed by atoms with Gasteiger partial charge in [-0.25, -0.2) is 9.59 Å². The fourth-order valence-corrected chi connectivity index (χ4v) is 2.21. The molecule has 1 heterocycles. The zero-order valence-electron chi connectivity index (χ0n) is 9.69. The molecule has 1 saturated heterocycles. The van der Waals surface area contributed by atoms with E-state index >= 15 is 0 Å². The van der Waals surface area contributed by atoms with Crippen molar-refractivity contribution in [2.75, 3.05) is 6.54 Å². The summed E-state index contributed by atoms with van der Waals surface area (Å²) in [7, 11) is 0. The number of carboxylic acids is 1. The molecule has 0 radical (unpaired) electrons. The Morgan fingerprint density at radius 1 is 1.44 bits per heavy atom. The minimum Gasteiger partial charge on any atom is -0.480 e. The lowest BCUT2D eigenvalue weighted by atomic mass is 10.2. The Morgan fingerprint density at radius 3 is 2.56 bits per heavy atom. The highest BCUT2D eigenvalue weighted by Gasteiger charge is 2.48. The second-order valence-corrected chi connectivity index (χ2v) is 5.38. The molecular formula is C11H18N2O3. The lowest BCUT2D eigenvalue weighted by Crippen LogP contribution is -2.47. The van der Waals surface area contributed by atoms with Crippen LogP contribution in [0.15, 0.2) is 0 Å². The number of likely N-dealkylation sites (tertiary alicyclic amines) is 1. The summed E-state index contributed by atoms with van der Waals surface area (Å²) in [6.07, 6.45) is 2.32. The molecule has 0 spiro atoms. The molecule has 0 aromatic carbocycles. The smallest absolute Gasteiger partial charge is 0.326 e. The van der Waals surface area contributed by atoms with E-state index in [-0.39, 0.29) is 17.5 Å². The summed E-state index contributed by atoms with van der Waals surface area (Å²) in [6, 6.07) is -0.655. The maximum absolute atomic E-state index is 11.8. The van der Waals surface area contributed by atoms with E-state index in [0.717, 1.165) is 12.8 Å². The van der Waals surface area contributed by atoms with Gasteiger partial charge in [-0.05, 0) is 24.7 Å². The van der Waals surface area contributed by atoms with E-state index in [4.69, 9.17) is 5.11 Å². The first-order valence-corrected chi connectivity index (χ1v) is 5.72. The normalized spacial score (nSPS) is 31.2. The fourth-order valence-electron chi connectivity index (χ4n) is 2.21. The minimum absolute atomic E-state index is 0.175. The highest BCUT2D eigenvalue weighted by molar-refractivity contribution is 5.83. The number of amides is 2. The summed E-state index contributed by atoms with van der Waals surface area (Å²) in [5.41, 5.74) is 0.175. The van der Waals surface area contributed by atoms with Gasteiger partial charge in [-0.3, -0.25) is 0 Å². The number of urea groups is 1. The Labute approximate surface area is 94.8 Å². The molecule has 5 heteroatoms. The quantitative estimate of drug-likeness (QED) is 0.739. The molecule has 2 amide bonds. The molecule has 1 aliphatic heterocycles. The van der Waals surface area contributed by atoms with Crippen LogP contribution in [0, 0.1) is 5.41 Å². The molecular weight excluding hydrogens is 208 g/mol. The molecule has 1 aliphatic carbocycles. The maximum Gasteiger partial charge on any atom is 0.326 e. The summed E-state index contributed by atoms with van der Waals surface area (Å²) in [5, 5.41) is 11.9. The summed E-state index contributed by atoms with van der Waals surface area (Å²) in [6.45, 7) is 4.74. The number of carbonyl (C=O) groups excluding carboxylic acids is 1. The van der Waals surface area contributed by atoms with Gasteiger partial charge in [-0.2, -0.15) is 0 Å². The lowest BCUT2D eigenvalue weighted by molar-refractivity contribution is -0.141. The third kappa shape index (κ3) is 1.99. The standard InChI is InChI=1S/C11H18N2O3/c1-11(2)6-8(11)12-10(16)13-5-3-4-7(13)9(14)15/h7-8H,3-6H2,1-2H3,(H,12,16)(H,14,15)/t7-,8?/m1/s1. The first kappa shape index (κ1) is 11.2. The van der Waals surface area contributed by atoms with Gasteiger partial charge in [-0.15, -0.1) is 0 Å². The molecule has 2 fully saturated rings. The van der Waals surface area contributed by atoms with Gasteiger partial charge in [0, 0.05) is 12.6 Å². The second-order valence-electron chi connectivity index (χ2n) is 5.38. The molecule has 1 unspecified atom stereocenters. The van der Waals surface area contributed by atoms with Gasteiger partial charge in [-0.1, -0.05) is 13.8 Å². The summed E-state index contributed by atoms with van der Waals surface area (Å²) in [5.74, 6) is -0.900. The first-order chi connectivity index (χ1) is 7.42. The van der Waals surface area contributed by atoms with Crippen LogP contribution in [-0.4, -0.2) is 40.6 Å². The topological polar surface area (TPSA) is 69.6 Å². The Bertz CT molecular complexity index is 327. The van der Waals surface area contributed by atoms with Crippen molar-refractivity contribution in [1.82, 2.24) is 10.2 Å². The van der Waals surface area contributed by atoms with Gasteiger partial charge in [0.2, 0.25) is 0 Å². The van der Waals surface area contributed by atoms with Crippen LogP contribution in [0.4, 0.5) is 4.79 Å². The Hall–Kier alpha value is -1.26. The van der Waals surface area contributed by atoms with Crippen LogP contribution in [0.3, 0.4) is 0 Å². The summed E-state index contributed by atoms with van der Waals surface area (Å²) in [4.78, 5) is 24.2. The van der Waals surface area contributed by atoms with Crippen molar-refractivity contribution in [3.8, 4) is 0 Å². The van der Waals surface area contributed by atoms with E-state index < -0.39 is 12.0 Å². The number of rotatable bonds is 2. The van der Waals surface area contributed by atoms with E-state index in [9.17, 15) is 9.59 Å². The van der Waals surface area contributed by atoms with E-state index in [1.54, 1.807) is 0 Å². The van der Waals surface area contributed by atoms with Crippen LogP contribution in [-0.2, 0) is 4.79 Å². The van der Waals surface area contributed by atoms with Gasteiger partial charge in [0.1, 0.15) is 6.04 Å². The number of nitrogens with one attached hydrogen (secondary N) is 1. The Kier molecular flexibility index (Phi) is 2.56. The van der Waals surface area contributed by atoms with Crippen molar-refractivity contribution in [2.24, 2.45) is 5.41 Å². The van der Waals surface area contributed by atoms with Gasteiger partial charge in [0.25, 0.3) is 0 Å². The molecule has 16 heavy (non-hydrogen) atoms. The highest BCUT2D eigenvalue weighted by Crippen LogP contribution is 2.44. The number of carboxylic acid groups (broad SMARTS) is 1. The second kappa shape index (κ2) is 3.64. The average Bonchev–Trinajstić information content (AvgIpc) is 2.68. The van der Waals surface area contributed by atoms with Crippen LogP contribution >= 0.6 is 0 Å². The zero-order chi connectivity index (χ0) is 11.9. The lowest BCUT2D eigenvalue weighted by Gasteiger charge is -2.22. The maximum atomic E-state index is 11.8. The molecule has 2 aliphatic rings. The molecule has 90 valence electrons. The zero-order valence-corrected chi connectivity index (χ0v) is 9.69. The molecule has 5 nitrogen and oxygen atoms in total. The van der Waals surface area contributed by atoms with Crippen LogP contribution in [0.1, 0.15) is 33.1 Å². The first-order valence-electron chi connectivity index (χ1n) is 5.72. The van der Waals surface area contributed by atoms with E-state index in [1.807, 2.05) is 0 Å². The molecule has 0 aromatic rings. The third-order valence-corrected chi connectivity index (χ3v) is 3.61. The predicted octanol–water partition coefficient (Wildman–Crippen LogP) is 1.04. The highest BCUT2D eigenvalue weighted by atomic mass is 16.4. The van der Waals surface area contributed by atoms with Crippen LogP contribution in [0.25, 0.3) is 0 Å². The number of hydrogen-bond acceptors (Lipinski definition) is 2. The third-order valence-electron chi connectivity index (χ3n) is 3.61. The molecule has 2 N–H and O–H groups in total. The van der Waals surface area contributed by atoms with Gasteiger partial charge in [0.15, 0.2) is 0 Å². The molecule has 0 bridgehead atoms. The minimum atomic E-state index is -0.900. The Balaban J connectivity index is 1.92. The Morgan fingerprint density at radius 2 is 2.06 bits per heavy atom. The van der Waals surface area contributed by atoms with Crippen molar-refractivity contribution in [1.29, 1.82) is 0 Å². The number of hydrogen-bond donors (Lipinski definition) is 2. The van der Waals surface area contributed by atoms with Crippen molar-refractivity contribution >= 4 is 12.0 Å². The number of aliphatic carboxylic acids is 1. The van der Waals surface area contributed by atoms with Gasteiger partial charge >= 0.3 is 12.0 Å². The SMILES string of the molecule is CC1(C)CC1NC(=O)N1CCC[C@@H]1C(=O)O. The number of carbonyl (C=O) groups is 2. The fraction of sp³-hybridized carbons (Fsp3) is 0.818. The van der Waals surface area contributed by atoms with Crippen molar-refractivity contribution in [3.05, 3.63) is 0 Å². The molecule has 2 rings (SSSR count). The van der Waals surface area contributed by atoms with Crippen LogP contribution in [0.5, 0.6) is 0 Å². The van der Waals surface area contributed by atoms with Crippen molar-refractivity contribution < 1.29 is 14.7 Å². The van der Waals surface area contributed by atoms with E-state index in [0.29, 0.717) is 13.0 Å². The molecule has 0 aromatic heterocycles.